The van der Waals surface area contributed by atoms with E-state index < -0.39 is 18.6 Å². The molecule has 0 aliphatic rings. The van der Waals surface area contributed by atoms with E-state index in [9.17, 15) is 18.0 Å². The molecule has 7 heteroatoms. The Kier molecular flexibility index (Phi) is 4.88. The lowest BCUT2D eigenvalue weighted by atomic mass is 10.3. The van der Waals surface area contributed by atoms with Crippen LogP contribution in [0.3, 0.4) is 0 Å². The van der Waals surface area contributed by atoms with Crippen molar-refractivity contribution in [2.24, 2.45) is 0 Å². The van der Waals surface area contributed by atoms with E-state index >= 15 is 0 Å². The molecule has 96 valence electrons. The van der Waals surface area contributed by atoms with Gasteiger partial charge in [-0.2, -0.15) is 13.2 Å². The molecular formula is C10H12F3NOS2. The van der Waals surface area contributed by atoms with Gasteiger partial charge in [0.15, 0.2) is 0 Å². The molecule has 0 fully saturated rings. The molecule has 1 aromatic rings. The largest absolute Gasteiger partial charge is 0.406 e. The summed E-state index contributed by atoms with van der Waals surface area (Å²) >= 11 is 5.13. The molecule has 0 aliphatic heterocycles. The maximum atomic E-state index is 12.3. The van der Waals surface area contributed by atoms with Crippen LogP contribution in [0.5, 0.6) is 0 Å². The van der Waals surface area contributed by atoms with Crippen molar-refractivity contribution in [2.45, 2.75) is 24.4 Å². The van der Waals surface area contributed by atoms with Gasteiger partial charge in [-0.15, -0.1) is 24.0 Å². The van der Waals surface area contributed by atoms with Crippen molar-refractivity contribution in [3.8, 4) is 0 Å². The number of hydrogen-bond acceptors (Lipinski definition) is 3. The summed E-state index contributed by atoms with van der Waals surface area (Å²) in [5.74, 6) is -0.588. The van der Waals surface area contributed by atoms with Crippen LogP contribution in [0.1, 0.15) is 23.0 Å². The fraction of sp³-hybridized carbons (Fsp3) is 0.500. The van der Waals surface area contributed by atoms with E-state index in [4.69, 9.17) is 0 Å². The van der Waals surface area contributed by atoms with Crippen LogP contribution in [0.15, 0.2) is 16.3 Å². The average molecular weight is 283 g/mol. The van der Waals surface area contributed by atoms with Crippen molar-refractivity contribution < 1.29 is 18.0 Å². The molecule has 2 nitrogen and oxygen atoms in total. The van der Waals surface area contributed by atoms with Crippen LogP contribution in [0.4, 0.5) is 13.2 Å². The molecule has 0 aromatic carbocycles. The molecule has 1 amide bonds. The Morgan fingerprint density at radius 1 is 1.53 bits per heavy atom. The Labute approximate surface area is 107 Å². The van der Waals surface area contributed by atoms with Crippen LogP contribution < -0.4 is 0 Å². The van der Waals surface area contributed by atoms with E-state index in [1.54, 1.807) is 12.3 Å². The Bertz CT molecular complexity index is 389. The number of amides is 1. The summed E-state index contributed by atoms with van der Waals surface area (Å²) in [5, 5.41) is 1.62. The fourth-order valence-electron chi connectivity index (χ4n) is 1.33. The zero-order valence-electron chi connectivity index (χ0n) is 9.12. The van der Waals surface area contributed by atoms with Crippen molar-refractivity contribution >= 4 is 29.9 Å². The minimum Gasteiger partial charge on any atom is -0.329 e. The SMILES string of the molecule is CCCN(CC(F)(F)F)C(=O)c1cc(S)cs1. The van der Waals surface area contributed by atoms with Gasteiger partial charge in [-0.25, -0.2) is 0 Å². The number of thiol groups is 1. The van der Waals surface area contributed by atoms with Crippen LogP contribution >= 0.6 is 24.0 Å². The standard InChI is InChI=1S/C10H12F3NOS2/c1-2-3-14(6-10(11,12)13)9(15)8-4-7(16)5-17-8/h4-5,16H,2-3,6H2,1H3. The number of hydrogen-bond donors (Lipinski definition) is 1. The summed E-state index contributed by atoms with van der Waals surface area (Å²) in [5.41, 5.74) is 0. The van der Waals surface area contributed by atoms with Gasteiger partial charge in [0, 0.05) is 16.8 Å². The highest BCUT2D eigenvalue weighted by Gasteiger charge is 2.33. The molecule has 0 saturated heterocycles. The quantitative estimate of drug-likeness (QED) is 0.839. The molecule has 0 aliphatic carbocycles. The van der Waals surface area contributed by atoms with Crippen LogP contribution in [0, 0.1) is 0 Å². The Balaban J connectivity index is 2.80. The van der Waals surface area contributed by atoms with Crippen molar-refractivity contribution in [1.29, 1.82) is 0 Å². The summed E-state index contributed by atoms with van der Waals surface area (Å²) in [6.45, 7) is 0.618. The number of halogens is 3. The third kappa shape index (κ3) is 4.59. The summed E-state index contributed by atoms with van der Waals surface area (Å²) in [6.07, 6.45) is -3.88. The third-order valence-electron chi connectivity index (χ3n) is 1.95. The Morgan fingerprint density at radius 2 is 2.18 bits per heavy atom. The normalized spacial score (nSPS) is 11.6. The van der Waals surface area contributed by atoms with E-state index in [0.29, 0.717) is 11.3 Å². The lowest BCUT2D eigenvalue weighted by Gasteiger charge is -2.22. The van der Waals surface area contributed by atoms with Crippen molar-refractivity contribution in [2.75, 3.05) is 13.1 Å². The van der Waals surface area contributed by atoms with Gasteiger partial charge in [0.25, 0.3) is 5.91 Å². The molecule has 0 atom stereocenters. The predicted octanol–water partition coefficient (Wildman–Crippen LogP) is 3.45. The van der Waals surface area contributed by atoms with Crippen molar-refractivity contribution in [3.63, 3.8) is 0 Å². The zero-order chi connectivity index (χ0) is 13.1. The van der Waals surface area contributed by atoms with Gasteiger partial charge in [0.05, 0.1) is 4.88 Å². The second-order valence-electron chi connectivity index (χ2n) is 3.51. The molecule has 17 heavy (non-hydrogen) atoms. The maximum Gasteiger partial charge on any atom is 0.406 e. The first-order chi connectivity index (χ1) is 7.83. The van der Waals surface area contributed by atoms with E-state index in [2.05, 4.69) is 12.6 Å². The molecule has 0 saturated carbocycles. The molecule has 0 unspecified atom stereocenters. The van der Waals surface area contributed by atoms with Gasteiger partial charge < -0.3 is 4.90 Å². The number of rotatable bonds is 4. The van der Waals surface area contributed by atoms with Crippen LogP contribution in [-0.4, -0.2) is 30.1 Å². The Morgan fingerprint density at radius 3 is 2.59 bits per heavy atom. The molecule has 1 heterocycles. The fourth-order valence-corrected chi connectivity index (χ4v) is 2.45. The van der Waals surface area contributed by atoms with Crippen molar-refractivity contribution in [1.82, 2.24) is 4.90 Å². The number of carbonyl (C=O) groups excluding carboxylic acids is 1. The van der Waals surface area contributed by atoms with Gasteiger partial charge in [0.1, 0.15) is 6.54 Å². The highest BCUT2D eigenvalue weighted by Crippen LogP contribution is 2.22. The minimum absolute atomic E-state index is 0.0954. The second kappa shape index (κ2) is 5.77. The monoisotopic (exact) mass is 283 g/mol. The molecule has 1 aromatic heterocycles. The molecule has 0 spiro atoms. The second-order valence-corrected chi connectivity index (χ2v) is 4.94. The molecule has 0 radical (unpaired) electrons. The highest BCUT2D eigenvalue weighted by molar-refractivity contribution is 7.80. The third-order valence-corrected chi connectivity index (χ3v) is 3.30. The molecule has 1 rings (SSSR count). The van der Waals surface area contributed by atoms with Crippen LogP contribution in [0.2, 0.25) is 0 Å². The van der Waals surface area contributed by atoms with E-state index in [1.807, 2.05) is 0 Å². The summed E-state index contributed by atoms with van der Waals surface area (Å²) < 4.78 is 36.9. The van der Waals surface area contributed by atoms with Crippen LogP contribution in [0.25, 0.3) is 0 Å². The lowest BCUT2D eigenvalue weighted by Crippen LogP contribution is -2.39. The average Bonchev–Trinajstić information content (AvgIpc) is 2.61. The number of nitrogens with zero attached hydrogens (tertiary/aromatic N) is 1. The summed E-state index contributed by atoms with van der Waals surface area (Å²) in [4.78, 5) is 13.5. The van der Waals surface area contributed by atoms with Gasteiger partial charge >= 0.3 is 6.18 Å². The van der Waals surface area contributed by atoms with Crippen LogP contribution in [-0.2, 0) is 0 Å². The molecule has 0 bridgehead atoms. The smallest absolute Gasteiger partial charge is 0.329 e. The van der Waals surface area contributed by atoms with E-state index in [0.717, 1.165) is 16.2 Å². The first kappa shape index (κ1) is 14.4. The lowest BCUT2D eigenvalue weighted by molar-refractivity contribution is -0.140. The van der Waals surface area contributed by atoms with Gasteiger partial charge in [-0.05, 0) is 12.5 Å². The van der Waals surface area contributed by atoms with Gasteiger partial charge in [0.2, 0.25) is 0 Å². The maximum absolute atomic E-state index is 12.3. The summed E-state index contributed by atoms with van der Waals surface area (Å²) in [6, 6.07) is 1.48. The number of thiophene rings is 1. The minimum atomic E-state index is -4.37. The Hall–Kier alpha value is -0.690. The van der Waals surface area contributed by atoms with E-state index in [-0.39, 0.29) is 11.4 Å². The highest BCUT2D eigenvalue weighted by atomic mass is 32.1. The topological polar surface area (TPSA) is 20.3 Å². The summed E-state index contributed by atoms with van der Waals surface area (Å²) in [7, 11) is 0. The predicted molar refractivity (Wildman–Crippen MR) is 63.8 cm³/mol. The molecule has 0 N–H and O–H groups in total. The first-order valence-electron chi connectivity index (χ1n) is 4.97. The molecular weight excluding hydrogens is 271 g/mol. The number of carbonyl (C=O) groups is 1. The zero-order valence-corrected chi connectivity index (χ0v) is 10.8. The van der Waals surface area contributed by atoms with Gasteiger partial charge in [-0.1, -0.05) is 6.92 Å². The van der Waals surface area contributed by atoms with Gasteiger partial charge in [-0.3, -0.25) is 4.79 Å². The number of alkyl halides is 3. The van der Waals surface area contributed by atoms with Crippen molar-refractivity contribution in [3.05, 3.63) is 16.3 Å². The van der Waals surface area contributed by atoms with E-state index in [1.165, 1.54) is 6.07 Å². The first-order valence-corrected chi connectivity index (χ1v) is 6.29.